The van der Waals surface area contributed by atoms with E-state index in [2.05, 4.69) is 38.1 Å². The van der Waals surface area contributed by atoms with Crippen LogP contribution >= 0.6 is 0 Å². The number of hydrogen-bond acceptors (Lipinski definition) is 4. The van der Waals surface area contributed by atoms with Crippen molar-refractivity contribution in [2.45, 2.75) is 103 Å². The zero-order valence-corrected chi connectivity index (χ0v) is 24.0. The second-order valence-corrected chi connectivity index (χ2v) is 14.6. The summed E-state index contributed by atoms with van der Waals surface area (Å²) in [5, 5.41) is 11.0. The number of Topliss-reactive ketones (excluding diaryl/α,β-unsaturated/α-hetero) is 2. The molecule has 2 aromatic carbocycles. The number of rotatable bonds is 2. The summed E-state index contributed by atoms with van der Waals surface area (Å²) in [5.74, 6) is 5.88. The van der Waals surface area contributed by atoms with Gasteiger partial charge in [0, 0.05) is 29.2 Å². The van der Waals surface area contributed by atoms with Crippen molar-refractivity contribution in [2.24, 2.45) is 34.5 Å². The molecule has 4 fully saturated rings. The number of aryl methyl sites for hydroxylation is 1. The molecular formula is C36H42O4. The first-order chi connectivity index (χ1) is 19.3. The highest BCUT2D eigenvalue weighted by atomic mass is 16.5. The van der Waals surface area contributed by atoms with E-state index in [1.165, 1.54) is 22.3 Å². The van der Waals surface area contributed by atoms with Crippen LogP contribution in [0.1, 0.15) is 112 Å². The van der Waals surface area contributed by atoms with Crippen molar-refractivity contribution in [2.75, 3.05) is 0 Å². The third kappa shape index (κ3) is 3.37. The Morgan fingerprint density at radius 1 is 0.725 bits per heavy atom. The second kappa shape index (κ2) is 8.69. The van der Waals surface area contributed by atoms with Gasteiger partial charge in [-0.05, 0) is 135 Å². The smallest absolute Gasteiger partial charge is 0.172 e. The molecule has 0 saturated heterocycles. The molecule has 0 aliphatic heterocycles. The SMILES string of the molecule is C[C@]12CC[C@@H]3c4ccc(Oc5c(O)ccc6c5CC[C@@H]5[C@@H]6CC[C@]6(C)C(=O)CC[C@@H]56)cc4CC[C@H]3[C@@H]1CCC2=O. The Morgan fingerprint density at radius 2 is 1.32 bits per heavy atom. The van der Waals surface area contributed by atoms with Gasteiger partial charge in [0.25, 0.3) is 0 Å². The van der Waals surface area contributed by atoms with Crippen LogP contribution < -0.4 is 4.74 Å². The van der Waals surface area contributed by atoms with Gasteiger partial charge in [0.2, 0.25) is 0 Å². The standard InChI is InChI=1S/C36H42O4/c1-35-17-15-24-22-6-4-21(19-20(22)3-5-26(24)29(35)10-13-32(35)38)40-34-28-8-7-27-25(23(28)9-12-31(34)37)16-18-36(2)30(27)11-14-33(36)39/h4,6,9,12,19,24-27,29-30,37H,3,5,7-8,10-11,13-18H2,1-2H3/t24-,25-,26-,27-,29+,30+,35+,36+/m1/s1. The molecule has 4 nitrogen and oxygen atoms in total. The highest BCUT2D eigenvalue weighted by molar-refractivity contribution is 5.87. The van der Waals surface area contributed by atoms with E-state index in [0.717, 1.165) is 82.8 Å². The van der Waals surface area contributed by atoms with E-state index >= 15 is 0 Å². The molecule has 0 aromatic heterocycles. The number of benzene rings is 2. The second-order valence-electron chi connectivity index (χ2n) is 14.6. The number of hydrogen-bond donors (Lipinski definition) is 1. The number of phenolic OH excluding ortho intramolecular Hbond substituents is 1. The summed E-state index contributed by atoms with van der Waals surface area (Å²) >= 11 is 0. The fourth-order valence-electron chi connectivity index (χ4n) is 11.0. The maximum absolute atomic E-state index is 12.7. The van der Waals surface area contributed by atoms with Gasteiger partial charge in [0.1, 0.15) is 17.3 Å². The number of fused-ring (bicyclic) bond motifs is 10. The lowest BCUT2D eigenvalue weighted by molar-refractivity contribution is -0.130. The molecule has 4 saturated carbocycles. The normalized spacial score (nSPS) is 39.5. The van der Waals surface area contributed by atoms with Crippen LogP contribution in [0.25, 0.3) is 0 Å². The number of carbonyl (C=O) groups is 2. The number of carbonyl (C=O) groups excluding carboxylic acids is 2. The molecule has 0 heterocycles. The van der Waals surface area contributed by atoms with Crippen LogP contribution in [0, 0.1) is 34.5 Å². The van der Waals surface area contributed by atoms with E-state index in [0.29, 0.717) is 52.8 Å². The Labute approximate surface area is 237 Å². The van der Waals surface area contributed by atoms with Gasteiger partial charge < -0.3 is 9.84 Å². The summed E-state index contributed by atoms with van der Waals surface area (Å²) in [5.41, 5.74) is 5.14. The highest BCUT2D eigenvalue weighted by Crippen LogP contribution is 2.62. The van der Waals surface area contributed by atoms with Crippen LogP contribution in [0.2, 0.25) is 0 Å². The predicted molar refractivity (Wildman–Crippen MR) is 154 cm³/mol. The number of ether oxygens (including phenoxy) is 1. The number of ketones is 2. The molecule has 2 aromatic rings. The molecule has 8 rings (SSSR count). The Balaban J connectivity index is 1.07. The van der Waals surface area contributed by atoms with E-state index < -0.39 is 0 Å². The third-order valence-electron chi connectivity index (χ3n) is 13.2. The minimum Gasteiger partial charge on any atom is -0.504 e. The molecule has 0 spiro atoms. The Hall–Kier alpha value is -2.62. The monoisotopic (exact) mass is 538 g/mol. The largest absolute Gasteiger partial charge is 0.504 e. The summed E-state index contributed by atoms with van der Waals surface area (Å²) in [6, 6.07) is 10.6. The molecule has 0 unspecified atom stereocenters. The lowest BCUT2D eigenvalue weighted by Crippen LogP contribution is -2.42. The molecule has 210 valence electrons. The van der Waals surface area contributed by atoms with Gasteiger partial charge in [-0.25, -0.2) is 0 Å². The van der Waals surface area contributed by atoms with Crippen molar-refractivity contribution >= 4 is 11.6 Å². The zero-order valence-electron chi connectivity index (χ0n) is 24.0. The summed E-state index contributed by atoms with van der Waals surface area (Å²) in [4.78, 5) is 25.4. The third-order valence-corrected chi connectivity index (χ3v) is 13.2. The zero-order chi connectivity index (χ0) is 27.4. The molecule has 0 bridgehead atoms. The van der Waals surface area contributed by atoms with E-state index in [-0.39, 0.29) is 16.6 Å². The fourth-order valence-corrected chi connectivity index (χ4v) is 11.0. The maximum atomic E-state index is 12.7. The van der Waals surface area contributed by atoms with Crippen LogP contribution in [-0.4, -0.2) is 16.7 Å². The summed E-state index contributed by atoms with van der Waals surface area (Å²) in [6.07, 6.45) is 12.0. The predicted octanol–water partition coefficient (Wildman–Crippen LogP) is 8.03. The Kier molecular flexibility index (Phi) is 5.46. The van der Waals surface area contributed by atoms with Gasteiger partial charge >= 0.3 is 0 Å². The van der Waals surface area contributed by atoms with Crippen LogP contribution in [0.3, 0.4) is 0 Å². The number of aromatic hydroxyl groups is 1. The molecule has 4 heteroatoms. The van der Waals surface area contributed by atoms with E-state index in [4.69, 9.17) is 4.74 Å². The first kappa shape index (κ1) is 25.1. The molecule has 6 aliphatic rings. The van der Waals surface area contributed by atoms with Crippen LogP contribution in [0.4, 0.5) is 0 Å². The van der Waals surface area contributed by atoms with Gasteiger partial charge in [-0.1, -0.05) is 26.0 Å². The van der Waals surface area contributed by atoms with Gasteiger partial charge in [-0.3, -0.25) is 9.59 Å². The first-order valence-corrected chi connectivity index (χ1v) is 16.0. The van der Waals surface area contributed by atoms with Gasteiger partial charge in [-0.15, -0.1) is 0 Å². The van der Waals surface area contributed by atoms with Crippen molar-refractivity contribution in [1.29, 1.82) is 0 Å². The van der Waals surface area contributed by atoms with Gasteiger partial charge in [0.05, 0.1) is 0 Å². The molecule has 1 N–H and O–H groups in total. The van der Waals surface area contributed by atoms with Crippen molar-refractivity contribution in [3.05, 3.63) is 52.6 Å². The molecule has 0 amide bonds. The minimum atomic E-state index is -0.124. The lowest BCUT2D eigenvalue weighted by atomic mass is 9.55. The summed E-state index contributed by atoms with van der Waals surface area (Å²) in [6.45, 7) is 4.46. The molecule has 6 aliphatic carbocycles. The summed E-state index contributed by atoms with van der Waals surface area (Å²) in [7, 11) is 0. The summed E-state index contributed by atoms with van der Waals surface area (Å²) < 4.78 is 6.56. The molecular weight excluding hydrogens is 496 g/mol. The highest BCUT2D eigenvalue weighted by Gasteiger charge is 2.56. The van der Waals surface area contributed by atoms with Gasteiger partial charge in [0.15, 0.2) is 11.5 Å². The molecule has 40 heavy (non-hydrogen) atoms. The van der Waals surface area contributed by atoms with E-state index in [9.17, 15) is 14.7 Å². The quantitative estimate of drug-likeness (QED) is 0.420. The number of phenols is 1. The van der Waals surface area contributed by atoms with E-state index in [1.54, 1.807) is 0 Å². The molecule has 0 radical (unpaired) electrons. The first-order valence-electron chi connectivity index (χ1n) is 16.0. The molecule has 8 atom stereocenters. The van der Waals surface area contributed by atoms with Crippen molar-refractivity contribution < 1.29 is 19.4 Å². The lowest BCUT2D eigenvalue weighted by Gasteiger charge is -2.48. The van der Waals surface area contributed by atoms with Crippen LogP contribution in [0.15, 0.2) is 30.3 Å². The fraction of sp³-hybridized carbons (Fsp3) is 0.611. The van der Waals surface area contributed by atoms with E-state index in [1.807, 2.05) is 6.07 Å². The average molecular weight is 539 g/mol. The topological polar surface area (TPSA) is 63.6 Å². The van der Waals surface area contributed by atoms with Gasteiger partial charge in [-0.2, -0.15) is 0 Å². The maximum Gasteiger partial charge on any atom is 0.172 e. The Morgan fingerprint density at radius 3 is 2.00 bits per heavy atom. The minimum absolute atomic E-state index is 0.0884. The van der Waals surface area contributed by atoms with Crippen molar-refractivity contribution in [3.8, 4) is 17.2 Å². The van der Waals surface area contributed by atoms with Crippen LogP contribution in [0.5, 0.6) is 17.2 Å². The Bertz CT molecular complexity index is 1420. The average Bonchev–Trinajstić information content (AvgIpc) is 3.44. The van der Waals surface area contributed by atoms with Crippen molar-refractivity contribution in [3.63, 3.8) is 0 Å². The van der Waals surface area contributed by atoms with Crippen molar-refractivity contribution in [1.82, 2.24) is 0 Å². The van der Waals surface area contributed by atoms with Crippen LogP contribution in [-0.2, 0) is 22.4 Å².